The third-order valence-electron chi connectivity index (χ3n) is 6.01. The maximum Gasteiger partial charge on any atom is 0.134 e. The standard InChI is InChI=1S/C24H27F2N3O3/c1-30-16-10-21(31-2)18(22(11-16)32-3)14-29-9-5-6-15(13-29)24-17(12-27-28-24)23-19(25)7-4-8-20(23)26/h4,7-8,10-12,15H,5-6,9,13-14H2,1-3H3,(H,27,28). The monoisotopic (exact) mass is 443 g/mol. The van der Waals surface area contributed by atoms with E-state index in [2.05, 4.69) is 15.1 Å². The fraction of sp³-hybridized carbons (Fsp3) is 0.375. The van der Waals surface area contributed by atoms with Gasteiger partial charge in [-0.3, -0.25) is 10.00 Å². The summed E-state index contributed by atoms with van der Waals surface area (Å²) >= 11 is 0. The molecule has 32 heavy (non-hydrogen) atoms. The quantitative estimate of drug-likeness (QED) is 0.571. The Morgan fingerprint density at radius 1 is 1.06 bits per heavy atom. The topological polar surface area (TPSA) is 59.6 Å². The summed E-state index contributed by atoms with van der Waals surface area (Å²) in [6.45, 7) is 2.22. The molecule has 4 rings (SSSR count). The summed E-state index contributed by atoms with van der Waals surface area (Å²) in [5, 5.41) is 7.11. The number of nitrogens with one attached hydrogen (secondary N) is 1. The molecule has 6 nitrogen and oxygen atoms in total. The van der Waals surface area contributed by atoms with Gasteiger partial charge < -0.3 is 14.2 Å². The van der Waals surface area contributed by atoms with Crippen LogP contribution in [0.1, 0.15) is 30.0 Å². The van der Waals surface area contributed by atoms with Crippen molar-refractivity contribution in [1.82, 2.24) is 15.1 Å². The molecule has 1 unspecified atom stereocenters. The smallest absolute Gasteiger partial charge is 0.134 e. The van der Waals surface area contributed by atoms with Crippen LogP contribution in [0.5, 0.6) is 17.2 Å². The minimum absolute atomic E-state index is 0.0353. The lowest BCUT2D eigenvalue weighted by Crippen LogP contribution is -2.34. The number of halogens is 2. The van der Waals surface area contributed by atoms with E-state index in [0.29, 0.717) is 35.9 Å². The van der Waals surface area contributed by atoms with Crippen molar-refractivity contribution in [1.29, 1.82) is 0 Å². The Kier molecular flexibility index (Phi) is 6.60. The van der Waals surface area contributed by atoms with Crippen LogP contribution in [0.3, 0.4) is 0 Å². The minimum Gasteiger partial charge on any atom is -0.496 e. The zero-order chi connectivity index (χ0) is 22.7. The molecule has 2 heterocycles. The number of benzene rings is 2. The SMILES string of the molecule is COc1cc(OC)c(CN2CCCC(c3[nH]ncc3-c3c(F)cccc3F)C2)c(OC)c1. The van der Waals surface area contributed by atoms with Gasteiger partial charge in [0.05, 0.1) is 38.7 Å². The predicted molar refractivity (Wildman–Crippen MR) is 117 cm³/mol. The number of piperidine rings is 1. The average molecular weight is 443 g/mol. The van der Waals surface area contributed by atoms with Crippen molar-refractivity contribution in [3.63, 3.8) is 0 Å². The van der Waals surface area contributed by atoms with Crippen LogP contribution in [0, 0.1) is 11.6 Å². The highest BCUT2D eigenvalue weighted by Crippen LogP contribution is 2.38. The van der Waals surface area contributed by atoms with Crippen molar-refractivity contribution < 1.29 is 23.0 Å². The van der Waals surface area contributed by atoms with Crippen LogP contribution >= 0.6 is 0 Å². The molecule has 1 N–H and O–H groups in total. The van der Waals surface area contributed by atoms with Crippen LogP contribution in [-0.2, 0) is 6.54 Å². The molecule has 1 atom stereocenters. The average Bonchev–Trinajstić information content (AvgIpc) is 3.28. The highest BCUT2D eigenvalue weighted by atomic mass is 19.1. The molecule has 0 aliphatic carbocycles. The van der Waals surface area contributed by atoms with Gasteiger partial charge in [0.15, 0.2) is 0 Å². The Morgan fingerprint density at radius 3 is 2.38 bits per heavy atom. The fourth-order valence-electron chi connectivity index (χ4n) is 4.45. The lowest BCUT2D eigenvalue weighted by Gasteiger charge is -2.33. The molecule has 0 amide bonds. The number of hydrogen-bond donors (Lipinski definition) is 1. The number of methoxy groups -OCH3 is 3. The number of ether oxygens (including phenoxy) is 3. The number of rotatable bonds is 7. The molecular formula is C24H27F2N3O3. The molecule has 0 saturated carbocycles. The summed E-state index contributed by atoms with van der Waals surface area (Å²) in [6, 6.07) is 7.58. The summed E-state index contributed by atoms with van der Waals surface area (Å²) in [5.41, 5.74) is 2.13. The van der Waals surface area contributed by atoms with Crippen LogP contribution in [-0.4, -0.2) is 49.5 Å². The number of H-pyrrole nitrogens is 1. The number of hydrogen-bond acceptors (Lipinski definition) is 5. The lowest BCUT2D eigenvalue weighted by atomic mass is 9.90. The first-order valence-electron chi connectivity index (χ1n) is 10.5. The molecule has 170 valence electrons. The van der Waals surface area contributed by atoms with Gasteiger partial charge in [-0.05, 0) is 31.5 Å². The highest BCUT2D eigenvalue weighted by Gasteiger charge is 2.28. The van der Waals surface area contributed by atoms with Crippen molar-refractivity contribution in [3.8, 4) is 28.4 Å². The van der Waals surface area contributed by atoms with Gasteiger partial charge in [0.1, 0.15) is 28.9 Å². The number of likely N-dealkylation sites (tertiary alicyclic amines) is 1. The van der Waals surface area contributed by atoms with Gasteiger partial charge in [-0.15, -0.1) is 0 Å². The van der Waals surface area contributed by atoms with Crippen LogP contribution in [0.2, 0.25) is 0 Å². The van der Waals surface area contributed by atoms with E-state index in [4.69, 9.17) is 14.2 Å². The van der Waals surface area contributed by atoms with Gasteiger partial charge >= 0.3 is 0 Å². The van der Waals surface area contributed by atoms with Crippen LogP contribution in [0.4, 0.5) is 8.78 Å². The third-order valence-corrected chi connectivity index (χ3v) is 6.01. The molecule has 2 aromatic carbocycles. The van der Waals surface area contributed by atoms with E-state index in [1.54, 1.807) is 21.3 Å². The lowest BCUT2D eigenvalue weighted by molar-refractivity contribution is 0.194. The van der Waals surface area contributed by atoms with E-state index >= 15 is 0 Å². The van der Waals surface area contributed by atoms with Gasteiger partial charge in [-0.2, -0.15) is 5.10 Å². The van der Waals surface area contributed by atoms with Gasteiger partial charge in [0, 0.05) is 42.4 Å². The summed E-state index contributed by atoms with van der Waals surface area (Å²) in [5.74, 6) is 0.933. The Morgan fingerprint density at radius 2 is 1.75 bits per heavy atom. The molecule has 0 bridgehead atoms. The number of nitrogens with zero attached hydrogens (tertiary/aromatic N) is 2. The van der Waals surface area contributed by atoms with Crippen molar-refractivity contribution >= 4 is 0 Å². The van der Waals surface area contributed by atoms with Gasteiger partial charge in [-0.25, -0.2) is 8.78 Å². The Hall–Kier alpha value is -3.13. The maximum atomic E-state index is 14.4. The summed E-state index contributed by atoms with van der Waals surface area (Å²) in [6.07, 6.45) is 3.35. The number of aromatic nitrogens is 2. The molecule has 0 spiro atoms. The molecule has 1 aliphatic rings. The second-order valence-electron chi connectivity index (χ2n) is 7.88. The van der Waals surface area contributed by atoms with E-state index in [-0.39, 0.29) is 11.5 Å². The zero-order valence-electron chi connectivity index (χ0n) is 18.5. The molecule has 8 heteroatoms. The predicted octanol–water partition coefficient (Wildman–Crippen LogP) is 4.76. The number of aromatic amines is 1. The van der Waals surface area contributed by atoms with Crippen LogP contribution in [0.25, 0.3) is 11.1 Å². The largest absolute Gasteiger partial charge is 0.496 e. The third kappa shape index (κ3) is 4.27. The van der Waals surface area contributed by atoms with Crippen molar-refractivity contribution in [2.75, 3.05) is 34.4 Å². The van der Waals surface area contributed by atoms with E-state index in [9.17, 15) is 8.78 Å². The molecule has 1 fully saturated rings. The van der Waals surface area contributed by atoms with Crippen molar-refractivity contribution in [2.24, 2.45) is 0 Å². The van der Waals surface area contributed by atoms with Gasteiger partial charge in [-0.1, -0.05) is 6.07 Å². The minimum atomic E-state index is -0.590. The summed E-state index contributed by atoms with van der Waals surface area (Å²) < 4.78 is 45.4. The van der Waals surface area contributed by atoms with Crippen molar-refractivity contribution in [3.05, 3.63) is 59.4 Å². The maximum absolute atomic E-state index is 14.4. The molecule has 1 aliphatic heterocycles. The highest BCUT2D eigenvalue weighted by molar-refractivity contribution is 5.67. The molecule has 3 aromatic rings. The van der Waals surface area contributed by atoms with Gasteiger partial charge in [0.2, 0.25) is 0 Å². The molecule has 0 radical (unpaired) electrons. The fourth-order valence-corrected chi connectivity index (χ4v) is 4.45. The first-order valence-corrected chi connectivity index (χ1v) is 10.5. The van der Waals surface area contributed by atoms with E-state index in [0.717, 1.165) is 30.6 Å². The molecular weight excluding hydrogens is 416 g/mol. The van der Waals surface area contributed by atoms with E-state index in [1.165, 1.54) is 24.4 Å². The zero-order valence-corrected chi connectivity index (χ0v) is 18.5. The Bertz CT molecular complexity index is 1040. The molecule has 1 aromatic heterocycles. The first-order chi connectivity index (χ1) is 15.5. The van der Waals surface area contributed by atoms with Crippen LogP contribution < -0.4 is 14.2 Å². The van der Waals surface area contributed by atoms with E-state index in [1.807, 2.05) is 12.1 Å². The first kappa shape index (κ1) is 22.1. The summed E-state index contributed by atoms with van der Waals surface area (Å²) in [4.78, 5) is 2.29. The van der Waals surface area contributed by atoms with Crippen molar-refractivity contribution in [2.45, 2.75) is 25.3 Å². The second-order valence-corrected chi connectivity index (χ2v) is 7.88. The van der Waals surface area contributed by atoms with E-state index < -0.39 is 11.6 Å². The second kappa shape index (κ2) is 9.56. The molecule has 1 saturated heterocycles. The summed E-state index contributed by atoms with van der Waals surface area (Å²) in [7, 11) is 4.84. The normalized spacial score (nSPS) is 16.7. The van der Waals surface area contributed by atoms with Gasteiger partial charge in [0.25, 0.3) is 0 Å². The Labute approximate surface area is 186 Å². The Balaban J connectivity index is 1.60. The van der Waals surface area contributed by atoms with Crippen LogP contribution in [0.15, 0.2) is 36.5 Å².